The van der Waals surface area contributed by atoms with Crippen LogP contribution in [0.4, 0.5) is 4.79 Å². The van der Waals surface area contributed by atoms with Crippen molar-refractivity contribution < 1.29 is 14.7 Å². The quantitative estimate of drug-likeness (QED) is 0.604. The molecule has 2 amide bonds. The van der Waals surface area contributed by atoms with Crippen LogP contribution in [0.5, 0.6) is 0 Å². The van der Waals surface area contributed by atoms with Gasteiger partial charge in [0.25, 0.3) is 5.91 Å². The van der Waals surface area contributed by atoms with Crippen LogP contribution >= 0.6 is 0 Å². The third-order valence-electron chi connectivity index (χ3n) is 2.36. The number of carbonyl (C=O) groups excluding carboxylic acids is 1. The van der Waals surface area contributed by atoms with E-state index in [2.05, 4.69) is 10.9 Å². The summed E-state index contributed by atoms with van der Waals surface area (Å²) < 4.78 is 0. The maximum Gasteiger partial charge on any atom is 0.407 e. The highest BCUT2D eigenvalue weighted by atomic mass is 16.4. The van der Waals surface area contributed by atoms with Crippen LogP contribution in [0.2, 0.25) is 0 Å². The lowest BCUT2D eigenvalue weighted by Crippen LogP contribution is -2.54. The zero-order valence-electron chi connectivity index (χ0n) is 9.91. The summed E-state index contributed by atoms with van der Waals surface area (Å²) in [5, 5.41) is 8.89. The molecule has 0 aromatic rings. The Morgan fingerprint density at radius 1 is 1.38 bits per heavy atom. The predicted octanol–water partition coefficient (Wildman–Crippen LogP) is 0.548. The minimum Gasteiger partial charge on any atom is -0.465 e. The summed E-state index contributed by atoms with van der Waals surface area (Å²) in [5.74, 6) is -0.283. The van der Waals surface area contributed by atoms with Crippen molar-refractivity contribution in [2.45, 2.75) is 45.2 Å². The largest absolute Gasteiger partial charge is 0.465 e. The molecule has 0 aromatic carbocycles. The summed E-state index contributed by atoms with van der Waals surface area (Å²) in [6, 6.07) is -0.563. The second-order valence-electron chi connectivity index (χ2n) is 5.00. The molecule has 0 aromatic heterocycles. The van der Waals surface area contributed by atoms with Crippen LogP contribution in [-0.4, -0.2) is 40.1 Å². The fourth-order valence-electron chi connectivity index (χ4n) is 1.60. The van der Waals surface area contributed by atoms with Crippen molar-refractivity contribution in [1.29, 1.82) is 0 Å². The van der Waals surface area contributed by atoms with E-state index in [-0.39, 0.29) is 11.4 Å². The SMILES string of the molecule is CC(C)(C)NNC(=O)C1CCCN1C(=O)O. The molecule has 0 radical (unpaired) electrons. The van der Waals surface area contributed by atoms with Crippen LogP contribution < -0.4 is 10.9 Å². The normalized spacial score (nSPS) is 20.9. The summed E-state index contributed by atoms with van der Waals surface area (Å²) in [6.07, 6.45) is 0.289. The standard InChI is InChI=1S/C10H19N3O3/c1-10(2,3)12-11-8(14)7-5-4-6-13(7)9(15)16/h7,12H,4-6H2,1-3H3,(H,11,14)(H,15,16). The zero-order chi connectivity index (χ0) is 12.3. The number of hydrazine groups is 1. The molecule has 1 unspecified atom stereocenters. The smallest absolute Gasteiger partial charge is 0.407 e. The number of hydrogen-bond donors (Lipinski definition) is 3. The van der Waals surface area contributed by atoms with Crippen molar-refractivity contribution in [2.24, 2.45) is 0 Å². The number of amides is 2. The molecule has 1 aliphatic rings. The molecule has 16 heavy (non-hydrogen) atoms. The molecule has 1 rings (SSSR count). The molecule has 0 bridgehead atoms. The van der Waals surface area contributed by atoms with Gasteiger partial charge in [-0.1, -0.05) is 0 Å². The highest BCUT2D eigenvalue weighted by Crippen LogP contribution is 2.17. The molecule has 92 valence electrons. The first kappa shape index (κ1) is 12.8. The molecular formula is C10H19N3O3. The van der Waals surface area contributed by atoms with E-state index >= 15 is 0 Å². The van der Waals surface area contributed by atoms with Crippen LogP contribution in [-0.2, 0) is 4.79 Å². The highest BCUT2D eigenvalue weighted by Gasteiger charge is 2.34. The minimum absolute atomic E-state index is 0.234. The van der Waals surface area contributed by atoms with Crippen LogP contribution in [0.25, 0.3) is 0 Å². The van der Waals surface area contributed by atoms with Gasteiger partial charge in [-0.2, -0.15) is 0 Å². The van der Waals surface area contributed by atoms with Crippen LogP contribution in [0, 0.1) is 0 Å². The van der Waals surface area contributed by atoms with Crippen molar-refractivity contribution in [3.8, 4) is 0 Å². The number of nitrogens with one attached hydrogen (secondary N) is 2. The molecule has 1 saturated heterocycles. The Balaban J connectivity index is 2.50. The van der Waals surface area contributed by atoms with E-state index in [0.29, 0.717) is 13.0 Å². The number of nitrogens with zero attached hydrogens (tertiary/aromatic N) is 1. The van der Waals surface area contributed by atoms with Gasteiger partial charge in [-0.25, -0.2) is 10.2 Å². The van der Waals surface area contributed by atoms with Gasteiger partial charge in [0.2, 0.25) is 0 Å². The van der Waals surface area contributed by atoms with Gasteiger partial charge in [-0.3, -0.25) is 15.1 Å². The number of hydrogen-bond acceptors (Lipinski definition) is 3. The van der Waals surface area contributed by atoms with Gasteiger partial charge >= 0.3 is 6.09 Å². The minimum atomic E-state index is -1.03. The summed E-state index contributed by atoms with van der Waals surface area (Å²) in [6.45, 7) is 6.17. The number of carboxylic acid groups (broad SMARTS) is 1. The Labute approximate surface area is 95.0 Å². The van der Waals surface area contributed by atoms with Crippen molar-refractivity contribution in [2.75, 3.05) is 6.54 Å². The van der Waals surface area contributed by atoms with E-state index in [0.717, 1.165) is 6.42 Å². The van der Waals surface area contributed by atoms with Crippen molar-refractivity contribution >= 4 is 12.0 Å². The van der Waals surface area contributed by atoms with E-state index in [1.165, 1.54) is 4.90 Å². The van der Waals surface area contributed by atoms with Crippen LogP contribution in [0.15, 0.2) is 0 Å². The zero-order valence-corrected chi connectivity index (χ0v) is 9.91. The third-order valence-corrected chi connectivity index (χ3v) is 2.36. The molecular weight excluding hydrogens is 210 g/mol. The molecule has 0 spiro atoms. The Kier molecular flexibility index (Phi) is 3.74. The first-order valence-electron chi connectivity index (χ1n) is 5.38. The molecule has 3 N–H and O–H groups in total. The van der Waals surface area contributed by atoms with Crippen LogP contribution in [0.3, 0.4) is 0 Å². The average molecular weight is 229 g/mol. The first-order chi connectivity index (χ1) is 7.31. The van der Waals surface area contributed by atoms with E-state index in [9.17, 15) is 9.59 Å². The van der Waals surface area contributed by atoms with Gasteiger partial charge in [0.15, 0.2) is 0 Å². The molecule has 1 heterocycles. The Morgan fingerprint density at radius 2 is 2.00 bits per heavy atom. The van der Waals surface area contributed by atoms with Gasteiger partial charge in [-0.05, 0) is 33.6 Å². The maximum absolute atomic E-state index is 11.7. The number of likely N-dealkylation sites (tertiary alicyclic amines) is 1. The molecule has 6 heteroatoms. The number of rotatable bonds is 2. The van der Waals surface area contributed by atoms with Gasteiger partial charge < -0.3 is 5.11 Å². The van der Waals surface area contributed by atoms with E-state index in [4.69, 9.17) is 5.11 Å². The topological polar surface area (TPSA) is 81.7 Å². The third kappa shape index (κ3) is 3.37. The van der Waals surface area contributed by atoms with Crippen molar-refractivity contribution in [3.05, 3.63) is 0 Å². The fourth-order valence-corrected chi connectivity index (χ4v) is 1.60. The Hall–Kier alpha value is -1.30. The van der Waals surface area contributed by atoms with Crippen LogP contribution in [0.1, 0.15) is 33.6 Å². The van der Waals surface area contributed by atoms with Gasteiger partial charge in [0.05, 0.1) is 0 Å². The molecule has 1 fully saturated rings. The summed E-state index contributed by atoms with van der Waals surface area (Å²) in [5.41, 5.74) is 5.16. The molecule has 6 nitrogen and oxygen atoms in total. The maximum atomic E-state index is 11.7. The molecule has 0 aliphatic carbocycles. The lowest BCUT2D eigenvalue weighted by Gasteiger charge is -2.25. The second kappa shape index (κ2) is 4.69. The molecule has 0 saturated carbocycles. The summed E-state index contributed by atoms with van der Waals surface area (Å²) in [4.78, 5) is 23.8. The van der Waals surface area contributed by atoms with E-state index in [1.54, 1.807) is 0 Å². The number of carbonyl (C=O) groups is 2. The second-order valence-corrected chi connectivity index (χ2v) is 5.00. The van der Waals surface area contributed by atoms with Gasteiger partial charge in [0, 0.05) is 12.1 Å². The van der Waals surface area contributed by atoms with Crippen molar-refractivity contribution in [3.63, 3.8) is 0 Å². The highest BCUT2D eigenvalue weighted by molar-refractivity contribution is 5.85. The lowest BCUT2D eigenvalue weighted by atomic mass is 10.1. The Bertz CT molecular complexity index is 286. The molecule has 1 atom stereocenters. The van der Waals surface area contributed by atoms with Gasteiger partial charge in [0.1, 0.15) is 6.04 Å². The van der Waals surface area contributed by atoms with Crippen molar-refractivity contribution in [1.82, 2.24) is 15.8 Å². The Morgan fingerprint density at radius 3 is 2.50 bits per heavy atom. The van der Waals surface area contributed by atoms with Gasteiger partial charge in [-0.15, -0.1) is 0 Å². The average Bonchev–Trinajstić information content (AvgIpc) is 2.61. The van der Waals surface area contributed by atoms with E-state index in [1.807, 2.05) is 20.8 Å². The summed E-state index contributed by atoms with van der Waals surface area (Å²) >= 11 is 0. The molecule has 1 aliphatic heterocycles. The predicted molar refractivity (Wildman–Crippen MR) is 58.8 cm³/mol. The fraction of sp³-hybridized carbons (Fsp3) is 0.800. The lowest BCUT2D eigenvalue weighted by molar-refractivity contribution is -0.126. The monoisotopic (exact) mass is 229 g/mol. The summed E-state index contributed by atoms with van der Waals surface area (Å²) in [7, 11) is 0. The first-order valence-corrected chi connectivity index (χ1v) is 5.38. The van der Waals surface area contributed by atoms with E-state index < -0.39 is 12.1 Å².